The summed E-state index contributed by atoms with van der Waals surface area (Å²) in [5.74, 6) is -1.45. The average Bonchev–Trinajstić information content (AvgIpc) is 3.06. The Kier molecular flexibility index (Phi) is 7.76. The Morgan fingerprint density at radius 3 is 1.81 bits per heavy atom. The number of imide groups is 1. The Morgan fingerprint density at radius 1 is 0.781 bits per heavy atom. The van der Waals surface area contributed by atoms with Crippen molar-refractivity contribution in [3.63, 3.8) is 0 Å². The number of fused-ring (bicyclic) bond motifs is 1. The molecule has 0 aliphatic carbocycles. The Labute approximate surface area is 188 Å². The molecule has 0 radical (unpaired) electrons. The predicted octanol–water partition coefficient (Wildman–Crippen LogP) is 2.56. The van der Waals surface area contributed by atoms with E-state index in [0.29, 0.717) is 11.1 Å². The molecule has 7 heteroatoms. The molecular weight excluding hydrogens is 406 g/mol. The Balaban J connectivity index is 1.71. The van der Waals surface area contributed by atoms with Gasteiger partial charge in [-0.2, -0.15) is 0 Å². The largest absolute Gasteiger partial charge is 0.354 e. The maximum Gasteiger partial charge on any atom is 0.262 e. The van der Waals surface area contributed by atoms with Crippen LogP contribution in [0.2, 0.25) is 0 Å². The van der Waals surface area contributed by atoms with Crippen molar-refractivity contribution < 1.29 is 19.2 Å². The van der Waals surface area contributed by atoms with E-state index in [1.54, 1.807) is 24.3 Å². The van der Waals surface area contributed by atoms with Gasteiger partial charge in [0.25, 0.3) is 11.8 Å². The van der Waals surface area contributed by atoms with Gasteiger partial charge < -0.3 is 10.6 Å². The minimum Gasteiger partial charge on any atom is -0.354 e. The first kappa shape index (κ1) is 23.2. The van der Waals surface area contributed by atoms with Gasteiger partial charge in [0.05, 0.1) is 11.1 Å². The zero-order valence-corrected chi connectivity index (χ0v) is 18.5. The molecule has 1 aliphatic rings. The summed E-state index contributed by atoms with van der Waals surface area (Å²) in [4.78, 5) is 52.2. The minimum atomic E-state index is -0.987. The fourth-order valence-corrected chi connectivity index (χ4v) is 3.92. The van der Waals surface area contributed by atoms with Crippen LogP contribution in [-0.4, -0.2) is 47.7 Å². The number of benzene rings is 2. The van der Waals surface area contributed by atoms with Crippen molar-refractivity contribution in [3.8, 4) is 0 Å². The average molecular weight is 436 g/mol. The van der Waals surface area contributed by atoms with E-state index in [0.717, 1.165) is 23.3 Å². The van der Waals surface area contributed by atoms with Crippen molar-refractivity contribution in [2.24, 2.45) is 5.92 Å². The highest BCUT2D eigenvalue weighted by atomic mass is 16.2. The smallest absolute Gasteiger partial charge is 0.262 e. The molecule has 1 heterocycles. The lowest BCUT2D eigenvalue weighted by Crippen LogP contribution is -2.51. The van der Waals surface area contributed by atoms with Gasteiger partial charge in [0.2, 0.25) is 11.8 Å². The second-order valence-corrected chi connectivity index (χ2v) is 7.83. The molecule has 0 fully saturated rings. The molecule has 0 bridgehead atoms. The lowest BCUT2D eigenvalue weighted by atomic mass is 10.0. The van der Waals surface area contributed by atoms with Crippen LogP contribution in [0.15, 0.2) is 54.6 Å². The second-order valence-electron chi connectivity index (χ2n) is 7.83. The predicted molar refractivity (Wildman–Crippen MR) is 121 cm³/mol. The zero-order valence-electron chi connectivity index (χ0n) is 18.5. The highest BCUT2D eigenvalue weighted by Gasteiger charge is 2.42. The first-order valence-corrected chi connectivity index (χ1v) is 11.0. The Morgan fingerprint density at radius 2 is 1.28 bits per heavy atom. The van der Waals surface area contributed by atoms with Gasteiger partial charge in [0.1, 0.15) is 6.04 Å². The molecule has 0 saturated carbocycles. The summed E-state index contributed by atoms with van der Waals surface area (Å²) in [5, 5.41) is 5.61. The minimum absolute atomic E-state index is 0.0366. The first-order chi connectivity index (χ1) is 15.5. The number of carbonyl (C=O) groups is 4. The molecule has 1 atom stereocenters. The summed E-state index contributed by atoms with van der Waals surface area (Å²) in [7, 11) is 0. The molecule has 0 spiro atoms. The van der Waals surface area contributed by atoms with Crippen molar-refractivity contribution in [2.45, 2.75) is 39.2 Å². The van der Waals surface area contributed by atoms with Crippen LogP contribution in [0.3, 0.4) is 0 Å². The number of nitrogens with zero attached hydrogens (tertiary/aromatic N) is 1. The van der Waals surface area contributed by atoms with Crippen molar-refractivity contribution in [1.29, 1.82) is 0 Å². The summed E-state index contributed by atoms with van der Waals surface area (Å²) in [5.41, 5.74) is 1.45. The lowest BCUT2D eigenvalue weighted by Gasteiger charge is -2.25. The number of hydrogen-bond donors (Lipinski definition) is 2. The van der Waals surface area contributed by atoms with Crippen molar-refractivity contribution >= 4 is 23.6 Å². The van der Waals surface area contributed by atoms with Crippen molar-refractivity contribution in [3.05, 3.63) is 71.3 Å². The SMILES string of the molecule is CCC(CC)C(=O)NCCNC(=O)C(Cc1ccccc1)N1C(=O)c2ccccc2C1=O. The molecule has 3 rings (SSSR count). The molecule has 32 heavy (non-hydrogen) atoms. The number of amides is 4. The summed E-state index contributed by atoms with van der Waals surface area (Å²) in [6.45, 7) is 4.41. The van der Waals surface area contributed by atoms with Crippen LogP contribution < -0.4 is 10.6 Å². The van der Waals surface area contributed by atoms with Crippen LogP contribution in [-0.2, 0) is 16.0 Å². The van der Waals surface area contributed by atoms with Crippen molar-refractivity contribution in [2.75, 3.05) is 13.1 Å². The quantitative estimate of drug-likeness (QED) is 0.443. The monoisotopic (exact) mass is 435 g/mol. The molecule has 4 amide bonds. The highest BCUT2D eigenvalue weighted by molar-refractivity contribution is 6.22. The van der Waals surface area contributed by atoms with Crippen LogP contribution >= 0.6 is 0 Å². The Hall–Kier alpha value is -3.48. The van der Waals surface area contributed by atoms with E-state index in [9.17, 15) is 19.2 Å². The lowest BCUT2D eigenvalue weighted by molar-refractivity contribution is -0.126. The van der Waals surface area contributed by atoms with Crippen LogP contribution in [0.5, 0.6) is 0 Å². The van der Waals surface area contributed by atoms with Gasteiger partial charge in [-0.05, 0) is 30.5 Å². The fourth-order valence-electron chi connectivity index (χ4n) is 3.92. The number of rotatable bonds is 10. The van der Waals surface area contributed by atoms with E-state index < -0.39 is 23.8 Å². The summed E-state index contributed by atoms with van der Waals surface area (Å²) in [6.07, 6.45) is 1.72. The highest BCUT2D eigenvalue weighted by Crippen LogP contribution is 2.26. The van der Waals surface area contributed by atoms with Crippen LogP contribution in [0.25, 0.3) is 0 Å². The third kappa shape index (κ3) is 5.04. The van der Waals surface area contributed by atoms with Crippen LogP contribution in [0, 0.1) is 5.92 Å². The number of carbonyl (C=O) groups excluding carboxylic acids is 4. The van der Waals surface area contributed by atoms with E-state index in [1.165, 1.54) is 0 Å². The summed E-state index contributed by atoms with van der Waals surface area (Å²) >= 11 is 0. The molecule has 2 aromatic carbocycles. The molecule has 0 aromatic heterocycles. The van der Waals surface area contributed by atoms with E-state index in [-0.39, 0.29) is 31.3 Å². The van der Waals surface area contributed by atoms with Gasteiger partial charge in [0.15, 0.2) is 0 Å². The molecule has 7 nitrogen and oxygen atoms in total. The summed E-state index contributed by atoms with van der Waals surface area (Å²) in [6, 6.07) is 14.9. The normalized spacial score (nSPS) is 13.8. The van der Waals surface area contributed by atoms with E-state index in [1.807, 2.05) is 44.2 Å². The number of hydrogen-bond acceptors (Lipinski definition) is 4. The maximum atomic E-state index is 13.1. The first-order valence-electron chi connectivity index (χ1n) is 11.0. The van der Waals surface area contributed by atoms with Gasteiger partial charge in [0, 0.05) is 25.4 Å². The molecular formula is C25H29N3O4. The fraction of sp³-hybridized carbons (Fsp3) is 0.360. The van der Waals surface area contributed by atoms with Crippen molar-refractivity contribution in [1.82, 2.24) is 15.5 Å². The Bertz CT molecular complexity index is 951. The van der Waals surface area contributed by atoms with E-state index >= 15 is 0 Å². The van der Waals surface area contributed by atoms with Crippen LogP contribution in [0.4, 0.5) is 0 Å². The zero-order chi connectivity index (χ0) is 23.1. The molecule has 2 aromatic rings. The van der Waals surface area contributed by atoms with Gasteiger partial charge in [-0.15, -0.1) is 0 Å². The topological polar surface area (TPSA) is 95.6 Å². The van der Waals surface area contributed by atoms with Crippen LogP contribution in [0.1, 0.15) is 53.0 Å². The summed E-state index contributed by atoms with van der Waals surface area (Å²) < 4.78 is 0. The van der Waals surface area contributed by atoms with Gasteiger partial charge in [-0.3, -0.25) is 24.1 Å². The molecule has 1 aliphatic heterocycles. The molecule has 0 saturated heterocycles. The van der Waals surface area contributed by atoms with E-state index in [4.69, 9.17) is 0 Å². The second kappa shape index (κ2) is 10.7. The van der Waals surface area contributed by atoms with Gasteiger partial charge in [-0.1, -0.05) is 56.3 Å². The molecule has 1 unspecified atom stereocenters. The third-order valence-corrected chi connectivity index (χ3v) is 5.79. The van der Waals surface area contributed by atoms with Gasteiger partial charge in [-0.25, -0.2) is 0 Å². The third-order valence-electron chi connectivity index (χ3n) is 5.79. The maximum absolute atomic E-state index is 13.1. The molecule has 168 valence electrons. The van der Waals surface area contributed by atoms with Gasteiger partial charge >= 0.3 is 0 Å². The molecule has 2 N–H and O–H groups in total. The standard InChI is InChI=1S/C25H29N3O4/c1-3-18(4-2)22(29)26-14-15-27-23(30)21(16-17-10-6-5-7-11-17)28-24(31)19-12-8-9-13-20(19)25(28)32/h5-13,18,21H,3-4,14-16H2,1-2H3,(H,26,29)(H,27,30). The number of nitrogens with one attached hydrogen (secondary N) is 2. The van der Waals surface area contributed by atoms with E-state index in [2.05, 4.69) is 10.6 Å².